The lowest BCUT2D eigenvalue weighted by atomic mass is 10.2. The van der Waals surface area contributed by atoms with E-state index >= 15 is 0 Å². The molecule has 4 aromatic rings. The Morgan fingerprint density at radius 2 is 1.29 bits per heavy atom. The Morgan fingerprint density at radius 3 is 1.96 bits per heavy atom. The van der Waals surface area contributed by atoms with Crippen LogP contribution in [0.15, 0.2) is 96.0 Å². The van der Waals surface area contributed by atoms with Gasteiger partial charge in [0.1, 0.15) is 0 Å². The van der Waals surface area contributed by atoms with Crippen LogP contribution in [0.3, 0.4) is 0 Å². The van der Waals surface area contributed by atoms with Crippen molar-refractivity contribution in [3.05, 3.63) is 95.8 Å². The Balaban J connectivity index is 1.90. The number of aromatic nitrogens is 2. The Hall–Kier alpha value is -2.98. The van der Waals surface area contributed by atoms with E-state index in [4.69, 9.17) is 5.10 Å². The van der Waals surface area contributed by atoms with Crippen LogP contribution in [0.25, 0.3) is 16.3 Å². The molecule has 0 bridgehead atoms. The minimum Gasteiger partial charge on any atom is -0.423 e. The first-order valence-electron chi connectivity index (χ1n) is 7.71. The molecule has 116 valence electrons. The fourth-order valence-corrected chi connectivity index (χ4v) is 3.38. The van der Waals surface area contributed by atoms with Crippen molar-refractivity contribution in [3.8, 4) is 16.3 Å². The van der Waals surface area contributed by atoms with Gasteiger partial charge in [0.15, 0.2) is 0 Å². The SMILES string of the molecule is c1ccc([15N]=c2[15n-][15n+](-c3ccccc3)c(-c3ccccc3)s2)cc1. The molecule has 0 aliphatic rings. The Bertz CT molecular complexity index is 927. The van der Waals surface area contributed by atoms with Gasteiger partial charge in [-0.05, 0) is 17.8 Å². The fourth-order valence-electron chi connectivity index (χ4n) is 2.45. The van der Waals surface area contributed by atoms with E-state index in [1.165, 1.54) is 0 Å². The third-order valence-electron chi connectivity index (χ3n) is 3.57. The van der Waals surface area contributed by atoms with E-state index in [2.05, 4.69) is 29.3 Å². The molecule has 3 aromatic carbocycles. The smallest absolute Gasteiger partial charge is 0.282 e. The second kappa shape index (κ2) is 6.64. The van der Waals surface area contributed by atoms with Crippen LogP contribution in [0.1, 0.15) is 0 Å². The maximum Gasteiger partial charge on any atom is 0.282 e. The summed E-state index contributed by atoms with van der Waals surface area (Å²) in [6, 6.07) is 30.4. The molecule has 0 spiro atoms. The zero-order chi connectivity index (χ0) is 16.2. The Kier molecular flexibility index (Phi) is 4.04. The van der Waals surface area contributed by atoms with Gasteiger partial charge in [-0.1, -0.05) is 78.1 Å². The van der Waals surface area contributed by atoms with Gasteiger partial charge in [-0.25, -0.2) is 0 Å². The van der Waals surface area contributed by atoms with Crippen molar-refractivity contribution < 1.29 is 4.68 Å². The third-order valence-corrected chi connectivity index (χ3v) is 4.53. The van der Waals surface area contributed by atoms with Gasteiger partial charge in [-0.3, -0.25) is 0 Å². The minimum atomic E-state index is 0.740. The lowest BCUT2D eigenvalue weighted by molar-refractivity contribution is -0.650. The monoisotopic (exact) mass is 332 g/mol. The molecule has 0 saturated carbocycles. The molecule has 0 atom stereocenters. The summed E-state index contributed by atoms with van der Waals surface area (Å²) in [6.45, 7) is 0. The van der Waals surface area contributed by atoms with Crippen molar-refractivity contribution in [1.82, 2.24) is 5.10 Å². The van der Waals surface area contributed by atoms with Gasteiger partial charge in [0, 0.05) is 12.1 Å². The highest BCUT2D eigenvalue weighted by molar-refractivity contribution is 7.11. The van der Waals surface area contributed by atoms with E-state index in [9.17, 15) is 0 Å². The normalized spacial score (nSPS) is 11.6. The molecule has 0 saturated heterocycles. The summed E-state index contributed by atoms with van der Waals surface area (Å²) in [4.78, 5) is 5.40. The molecule has 0 aliphatic heterocycles. The van der Waals surface area contributed by atoms with E-state index in [1.54, 1.807) is 11.3 Å². The van der Waals surface area contributed by atoms with Crippen LogP contribution >= 0.6 is 11.3 Å². The van der Waals surface area contributed by atoms with Crippen molar-refractivity contribution in [2.24, 2.45) is 4.99 Å². The van der Waals surface area contributed by atoms with Crippen LogP contribution in [0, 0.1) is 0 Å². The summed E-state index contributed by atoms with van der Waals surface area (Å²) >= 11 is 1.59. The van der Waals surface area contributed by atoms with Gasteiger partial charge >= 0.3 is 0 Å². The predicted octanol–water partition coefficient (Wildman–Crippen LogP) is 3.88. The quantitative estimate of drug-likeness (QED) is 0.414. The van der Waals surface area contributed by atoms with Gasteiger partial charge in [-0.2, -0.15) is 5.10 Å². The van der Waals surface area contributed by atoms with Gasteiger partial charge in [0.2, 0.25) is 5.69 Å². The molecule has 1 heterocycles. The largest absolute Gasteiger partial charge is 0.423 e. The number of nitrogens with zero attached hydrogens (tertiary/aromatic N) is 3. The number of benzene rings is 3. The Labute approximate surface area is 144 Å². The summed E-state index contributed by atoms with van der Waals surface area (Å²) in [5, 5.41) is 5.79. The summed E-state index contributed by atoms with van der Waals surface area (Å²) in [7, 11) is 0. The number of para-hydroxylation sites is 2. The van der Waals surface area contributed by atoms with Crippen LogP contribution in [0.4, 0.5) is 5.69 Å². The highest BCUT2D eigenvalue weighted by atomic mass is 32.1. The molecule has 4 rings (SSSR count). The van der Waals surface area contributed by atoms with E-state index in [0.717, 1.165) is 26.7 Å². The molecule has 0 aliphatic carbocycles. The number of hydrogen-bond acceptors (Lipinski definition) is 2. The average molecular weight is 332 g/mol. The fraction of sp³-hybridized carbons (Fsp3) is 0. The van der Waals surface area contributed by atoms with Crippen molar-refractivity contribution in [3.63, 3.8) is 0 Å². The molecule has 0 radical (unpaired) electrons. The van der Waals surface area contributed by atoms with E-state index < -0.39 is 0 Å². The van der Waals surface area contributed by atoms with Crippen LogP contribution in [0.5, 0.6) is 0 Å². The highest BCUT2D eigenvalue weighted by Gasteiger charge is 2.16. The highest BCUT2D eigenvalue weighted by Crippen LogP contribution is 2.19. The number of rotatable bonds is 3. The van der Waals surface area contributed by atoms with Crippen LogP contribution in [0.2, 0.25) is 0 Å². The molecule has 3 nitrogen and oxygen atoms in total. The van der Waals surface area contributed by atoms with Crippen LogP contribution in [-0.2, 0) is 0 Å². The minimum absolute atomic E-state index is 0.740. The van der Waals surface area contributed by atoms with Gasteiger partial charge < -0.3 is 4.99 Å². The molecule has 0 fully saturated rings. The summed E-state index contributed by atoms with van der Waals surface area (Å²) in [5.74, 6) is 0. The zero-order valence-electron chi connectivity index (χ0n) is 12.9. The lowest BCUT2D eigenvalue weighted by Crippen LogP contribution is -2.39. The molecular formula is C20H15N3S. The van der Waals surface area contributed by atoms with Crippen molar-refractivity contribution in [2.75, 3.05) is 0 Å². The molecule has 1 aromatic heterocycles. The second-order valence-corrected chi connectivity index (χ2v) is 6.21. The first kappa shape index (κ1) is 14.6. The van der Waals surface area contributed by atoms with Gasteiger partial charge in [-0.15, -0.1) is 4.68 Å². The van der Waals surface area contributed by atoms with Crippen LogP contribution in [-0.4, -0.2) is 0 Å². The van der Waals surface area contributed by atoms with Gasteiger partial charge in [0.25, 0.3) is 5.01 Å². The van der Waals surface area contributed by atoms with E-state index in [-0.39, 0.29) is 0 Å². The third kappa shape index (κ3) is 3.05. The first-order chi connectivity index (χ1) is 11.9. The maximum atomic E-state index is 4.72. The lowest BCUT2D eigenvalue weighted by Gasteiger charge is -1.98. The predicted molar refractivity (Wildman–Crippen MR) is 96.3 cm³/mol. The summed E-state index contributed by atoms with van der Waals surface area (Å²) in [5.41, 5.74) is 3.07. The molecule has 4 heteroatoms. The van der Waals surface area contributed by atoms with E-state index in [0.29, 0.717) is 0 Å². The molecule has 0 amide bonds. The Morgan fingerprint density at radius 1 is 0.708 bits per heavy atom. The van der Waals surface area contributed by atoms with Crippen molar-refractivity contribution in [1.29, 1.82) is 0 Å². The average Bonchev–Trinajstić information content (AvgIpc) is 3.08. The maximum absolute atomic E-state index is 4.72. The first-order valence-corrected chi connectivity index (χ1v) is 8.52. The summed E-state index contributed by atoms with van der Waals surface area (Å²) < 4.78 is 1.96. The molecule has 24 heavy (non-hydrogen) atoms. The second-order valence-electron chi connectivity index (χ2n) is 5.25. The molecule has 0 unspecified atom stereocenters. The molecular weight excluding hydrogens is 317 g/mol. The zero-order valence-corrected chi connectivity index (χ0v) is 13.7. The topological polar surface area (TPSA) is 30.3 Å². The van der Waals surface area contributed by atoms with Crippen molar-refractivity contribution in [2.45, 2.75) is 0 Å². The number of hydrogen-bond donors (Lipinski definition) is 0. The van der Waals surface area contributed by atoms with Crippen LogP contribution < -0.4 is 14.6 Å². The molecule has 0 N–H and O–H groups in total. The summed E-state index contributed by atoms with van der Waals surface area (Å²) in [6.07, 6.45) is 0. The van der Waals surface area contributed by atoms with Gasteiger partial charge in [0.05, 0.1) is 10.4 Å². The van der Waals surface area contributed by atoms with E-state index in [1.807, 2.05) is 71.4 Å². The van der Waals surface area contributed by atoms with Crippen molar-refractivity contribution >= 4 is 17.0 Å². The standard InChI is InChI=1S/C20H15N3S/c1-4-10-16(11-5-1)19-23(18-14-8-3-9-15-18)22-20(24-19)21-17-12-6-2-7-13-17/h1-15H/i21+1,22+1,23+1.